The fourth-order valence-corrected chi connectivity index (χ4v) is 1.44. The molecule has 0 saturated heterocycles. The Hall–Kier alpha value is -2.24. The number of carbonyl (C=O) groups excluding carboxylic acids is 1. The number of aromatic nitrogens is 2. The third kappa shape index (κ3) is 1.89. The Kier molecular flexibility index (Phi) is 2.63. The number of benzene rings is 1. The molecule has 0 amide bonds. The van der Waals surface area contributed by atoms with Crippen LogP contribution in [-0.2, 0) is 7.05 Å². The van der Waals surface area contributed by atoms with Crippen molar-refractivity contribution in [2.45, 2.75) is 0 Å². The second-order valence-electron chi connectivity index (χ2n) is 3.54. The van der Waals surface area contributed by atoms with E-state index < -0.39 is 17.4 Å². The zero-order chi connectivity index (χ0) is 12.6. The molecule has 1 aromatic carbocycles. The number of imidazole rings is 1. The van der Waals surface area contributed by atoms with E-state index in [2.05, 4.69) is 4.98 Å². The first kappa shape index (κ1) is 11.3. The molecule has 0 atom stereocenters. The lowest BCUT2D eigenvalue weighted by Gasteiger charge is -2.04. The highest BCUT2D eigenvalue weighted by Gasteiger charge is 2.19. The summed E-state index contributed by atoms with van der Waals surface area (Å²) >= 11 is 0. The van der Waals surface area contributed by atoms with E-state index >= 15 is 0 Å². The summed E-state index contributed by atoms with van der Waals surface area (Å²) in [5.74, 6) is -2.42. The molecule has 0 aliphatic rings. The molecule has 88 valence electrons. The van der Waals surface area contributed by atoms with Gasteiger partial charge in [-0.1, -0.05) is 0 Å². The van der Waals surface area contributed by atoms with Crippen LogP contribution in [0.1, 0.15) is 16.2 Å². The van der Waals surface area contributed by atoms with Gasteiger partial charge in [0.05, 0.1) is 11.3 Å². The molecule has 2 rings (SSSR count). The van der Waals surface area contributed by atoms with Crippen molar-refractivity contribution >= 4 is 11.5 Å². The van der Waals surface area contributed by atoms with E-state index in [0.29, 0.717) is 6.07 Å². The first-order valence-corrected chi connectivity index (χ1v) is 4.77. The lowest BCUT2D eigenvalue weighted by molar-refractivity contribution is 0.102. The maximum Gasteiger partial charge on any atom is 0.231 e. The van der Waals surface area contributed by atoms with Crippen molar-refractivity contribution in [1.82, 2.24) is 9.55 Å². The highest BCUT2D eigenvalue weighted by molar-refractivity contribution is 6.07. The molecule has 2 aromatic rings. The molecule has 0 saturated carbocycles. The largest absolute Gasteiger partial charge is 0.396 e. The maximum atomic E-state index is 13.5. The van der Waals surface area contributed by atoms with Crippen LogP contribution in [-0.4, -0.2) is 15.3 Å². The van der Waals surface area contributed by atoms with Gasteiger partial charge in [0.25, 0.3) is 0 Å². The lowest BCUT2D eigenvalue weighted by atomic mass is 10.1. The Morgan fingerprint density at radius 1 is 1.35 bits per heavy atom. The molecule has 1 aromatic heterocycles. The van der Waals surface area contributed by atoms with Crippen LogP contribution in [0.4, 0.5) is 14.5 Å². The number of nitrogen functional groups attached to an aromatic ring is 1. The van der Waals surface area contributed by atoms with Crippen LogP contribution in [0.5, 0.6) is 0 Å². The molecular weight excluding hydrogens is 228 g/mol. The SMILES string of the molecule is Cn1ccnc1C(=O)c1cc(N)c(F)cc1F. The van der Waals surface area contributed by atoms with Gasteiger partial charge in [-0.15, -0.1) is 0 Å². The van der Waals surface area contributed by atoms with Gasteiger partial charge in [-0.3, -0.25) is 4.79 Å². The number of hydrogen-bond acceptors (Lipinski definition) is 3. The first-order valence-electron chi connectivity index (χ1n) is 4.77. The van der Waals surface area contributed by atoms with E-state index in [1.807, 2.05) is 0 Å². The summed E-state index contributed by atoms with van der Waals surface area (Å²) in [4.78, 5) is 15.7. The van der Waals surface area contributed by atoms with Crippen molar-refractivity contribution in [3.63, 3.8) is 0 Å². The van der Waals surface area contributed by atoms with Gasteiger partial charge in [-0.25, -0.2) is 13.8 Å². The summed E-state index contributed by atoms with van der Waals surface area (Å²) in [7, 11) is 1.60. The number of nitrogens with zero attached hydrogens (tertiary/aromatic N) is 2. The van der Waals surface area contributed by atoms with Gasteiger partial charge < -0.3 is 10.3 Å². The predicted octanol–water partition coefficient (Wildman–Crippen LogP) is 1.51. The van der Waals surface area contributed by atoms with Crippen molar-refractivity contribution in [3.8, 4) is 0 Å². The fourth-order valence-electron chi connectivity index (χ4n) is 1.44. The van der Waals surface area contributed by atoms with Gasteiger partial charge in [0.1, 0.15) is 11.6 Å². The normalized spacial score (nSPS) is 10.5. The molecule has 2 N–H and O–H groups in total. The van der Waals surface area contributed by atoms with E-state index in [4.69, 9.17) is 5.73 Å². The lowest BCUT2D eigenvalue weighted by Crippen LogP contribution is -2.11. The Bertz CT molecular complexity index is 592. The molecule has 17 heavy (non-hydrogen) atoms. The third-order valence-corrected chi connectivity index (χ3v) is 2.36. The topological polar surface area (TPSA) is 60.9 Å². The monoisotopic (exact) mass is 237 g/mol. The minimum Gasteiger partial charge on any atom is -0.396 e. The van der Waals surface area contributed by atoms with Crippen molar-refractivity contribution < 1.29 is 13.6 Å². The molecular formula is C11H9F2N3O. The average Bonchev–Trinajstić information content (AvgIpc) is 2.69. The van der Waals surface area contributed by atoms with E-state index in [1.54, 1.807) is 13.2 Å². The summed E-state index contributed by atoms with van der Waals surface area (Å²) < 4.78 is 27.8. The molecule has 0 unspecified atom stereocenters. The van der Waals surface area contributed by atoms with Gasteiger partial charge in [0.15, 0.2) is 5.82 Å². The van der Waals surface area contributed by atoms with Crippen molar-refractivity contribution in [1.29, 1.82) is 0 Å². The highest BCUT2D eigenvalue weighted by Crippen LogP contribution is 2.19. The quantitative estimate of drug-likeness (QED) is 0.636. The predicted molar refractivity (Wildman–Crippen MR) is 57.4 cm³/mol. The zero-order valence-electron chi connectivity index (χ0n) is 8.95. The van der Waals surface area contributed by atoms with Crippen molar-refractivity contribution in [3.05, 3.63) is 47.5 Å². The van der Waals surface area contributed by atoms with Crippen molar-refractivity contribution in [2.75, 3.05) is 5.73 Å². The van der Waals surface area contributed by atoms with Crippen LogP contribution in [0.2, 0.25) is 0 Å². The number of halogens is 2. The number of rotatable bonds is 2. The number of nitrogens with two attached hydrogens (primary N) is 1. The van der Waals surface area contributed by atoms with Crippen LogP contribution in [0.25, 0.3) is 0 Å². The van der Waals surface area contributed by atoms with Crippen LogP contribution in [0.15, 0.2) is 24.5 Å². The molecule has 0 spiro atoms. The Morgan fingerprint density at radius 3 is 2.65 bits per heavy atom. The summed E-state index contributed by atoms with van der Waals surface area (Å²) in [6.07, 6.45) is 2.97. The smallest absolute Gasteiger partial charge is 0.231 e. The summed E-state index contributed by atoms with van der Waals surface area (Å²) in [5, 5.41) is 0. The second kappa shape index (κ2) is 3.97. The second-order valence-corrected chi connectivity index (χ2v) is 3.54. The van der Waals surface area contributed by atoms with Crippen LogP contribution in [0, 0.1) is 11.6 Å². The Morgan fingerprint density at radius 2 is 2.06 bits per heavy atom. The molecule has 0 fully saturated rings. The Balaban J connectivity index is 2.52. The molecule has 0 aliphatic heterocycles. The van der Waals surface area contributed by atoms with Gasteiger partial charge >= 0.3 is 0 Å². The number of carbonyl (C=O) groups is 1. The number of hydrogen-bond donors (Lipinski definition) is 1. The van der Waals surface area contributed by atoms with Gasteiger partial charge in [-0.2, -0.15) is 0 Å². The summed E-state index contributed by atoms with van der Waals surface area (Å²) in [6, 6.07) is 1.56. The molecule has 4 nitrogen and oxygen atoms in total. The molecule has 6 heteroatoms. The average molecular weight is 237 g/mol. The fraction of sp³-hybridized carbons (Fsp3) is 0.0909. The first-order chi connectivity index (χ1) is 8.00. The summed E-state index contributed by atoms with van der Waals surface area (Å²) in [5.41, 5.74) is 4.73. The maximum absolute atomic E-state index is 13.5. The van der Waals surface area contributed by atoms with Gasteiger partial charge in [0.2, 0.25) is 5.78 Å². The highest BCUT2D eigenvalue weighted by atomic mass is 19.1. The van der Waals surface area contributed by atoms with Gasteiger partial charge in [0, 0.05) is 25.5 Å². The zero-order valence-corrected chi connectivity index (χ0v) is 8.95. The number of ketones is 1. The minimum absolute atomic E-state index is 0.0647. The minimum atomic E-state index is -0.954. The molecule has 1 heterocycles. The van der Waals surface area contributed by atoms with Crippen LogP contribution < -0.4 is 5.73 Å². The third-order valence-electron chi connectivity index (χ3n) is 2.36. The number of aryl methyl sites for hydroxylation is 1. The molecule has 0 aliphatic carbocycles. The van der Waals surface area contributed by atoms with E-state index in [1.165, 1.54) is 10.8 Å². The Labute approximate surface area is 95.7 Å². The standard InChI is InChI=1S/C11H9F2N3O/c1-16-3-2-15-11(16)10(17)6-4-9(14)8(13)5-7(6)12/h2-5H,14H2,1H3. The van der Waals surface area contributed by atoms with E-state index in [0.717, 1.165) is 6.07 Å². The van der Waals surface area contributed by atoms with E-state index in [9.17, 15) is 13.6 Å². The number of anilines is 1. The summed E-state index contributed by atoms with van der Waals surface area (Å²) in [6.45, 7) is 0. The van der Waals surface area contributed by atoms with Crippen LogP contribution >= 0.6 is 0 Å². The molecule has 0 bridgehead atoms. The van der Waals surface area contributed by atoms with E-state index in [-0.39, 0.29) is 17.1 Å². The van der Waals surface area contributed by atoms with Crippen molar-refractivity contribution in [2.24, 2.45) is 7.05 Å². The van der Waals surface area contributed by atoms with Crippen LogP contribution in [0.3, 0.4) is 0 Å². The molecule has 0 radical (unpaired) electrons. The van der Waals surface area contributed by atoms with Gasteiger partial charge in [-0.05, 0) is 6.07 Å².